The zero-order chi connectivity index (χ0) is 19.3. The molecule has 1 aliphatic rings. The Hall–Kier alpha value is -2.78. The van der Waals surface area contributed by atoms with E-state index in [2.05, 4.69) is 20.2 Å². The predicted octanol–water partition coefficient (Wildman–Crippen LogP) is 2.08. The summed E-state index contributed by atoms with van der Waals surface area (Å²) in [4.78, 5) is 33.8. The molecule has 9 heteroatoms. The molecule has 0 saturated carbocycles. The van der Waals surface area contributed by atoms with Crippen LogP contribution in [0.4, 0.5) is 5.95 Å². The molecule has 0 aliphatic carbocycles. The highest BCUT2D eigenvalue weighted by atomic mass is 32.2. The first-order valence-electron chi connectivity index (χ1n) is 8.96. The Morgan fingerprint density at radius 3 is 2.93 bits per heavy atom. The molecule has 1 saturated heterocycles. The van der Waals surface area contributed by atoms with Crippen LogP contribution in [-0.2, 0) is 11.3 Å². The summed E-state index contributed by atoms with van der Waals surface area (Å²) < 4.78 is 10.8. The van der Waals surface area contributed by atoms with Gasteiger partial charge in [-0.3, -0.25) is 19.8 Å². The van der Waals surface area contributed by atoms with Gasteiger partial charge in [0.25, 0.3) is 5.91 Å². The third-order valence-electron chi connectivity index (χ3n) is 4.34. The first-order valence-corrected chi connectivity index (χ1v) is 10.1. The topological polar surface area (TPSA) is 100 Å². The van der Waals surface area contributed by atoms with Crippen LogP contribution in [0, 0.1) is 0 Å². The summed E-state index contributed by atoms with van der Waals surface area (Å²) in [7, 11) is 0. The lowest BCUT2D eigenvalue weighted by Crippen LogP contribution is -2.32. The van der Waals surface area contributed by atoms with Gasteiger partial charge in [0.15, 0.2) is 6.61 Å². The van der Waals surface area contributed by atoms with E-state index in [9.17, 15) is 9.59 Å². The largest absolute Gasteiger partial charge is 0.477 e. The number of hydrogen-bond acceptors (Lipinski definition) is 7. The maximum absolute atomic E-state index is 12.2. The number of carbonyl (C=O) groups excluding carboxylic acids is 1. The number of rotatable bonds is 6. The molecule has 0 radical (unpaired) electrons. The van der Waals surface area contributed by atoms with Crippen molar-refractivity contribution >= 4 is 34.7 Å². The Balaban J connectivity index is 1.32. The van der Waals surface area contributed by atoms with Gasteiger partial charge in [-0.2, -0.15) is 11.8 Å². The van der Waals surface area contributed by atoms with Crippen LogP contribution >= 0.6 is 11.8 Å². The zero-order valence-electron chi connectivity index (χ0n) is 15.1. The van der Waals surface area contributed by atoms with Gasteiger partial charge in [-0.25, -0.2) is 4.98 Å². The van der Waals surface area contributed by atoms with Crippen molar-refractivity contribution < 1.29 is 13.9 Å². The van der Waals surface area contributed by atoms with Gasteiger partial charge in [-0.05, 0) is 12.1 Å². The molecular formula is C19H20N4O4S. The van der Waals surface area contributed by atoms with Gasteiger partial charge >= 0.3 is 0 Å². The summed E-state index contributed by atoms with van der Waals surface area (Å²) in [6.07, 6.45) is 1.27. The van der Waals surface area contributed by atoms with Gasteiger partial charge in [0.2, 0.25) is 17.1 Å². The van der Waals surface area contributed by atoms with E-state index in [1.54, 1.807) is 0 Å². The molecule has 28 heavy (non-hydrogen) atoms. The Morgan fingerprint density at radius 1 is 1.32 bits per heavy atom. The van der Waals surface area contributed by atoms with Crippen LogP contribution in [0.2, 0.25) is 0 Å². The molecular weight excluding hydrogens is 380 g/mol. The van der Waals surface area contributed by atoms with Gasteiger partial charge < -0.3 is 14.1 Å². The number of H-pyrrole nitrogens is 1. The molecule has 3 aromatic rings. The molecule has 0 unspecified atom stereocenters. The molecule has 2 aromatic heterocycles. The van der Waals surface area contributed by atoms with Crippen LogP contribution < -0.4 is 15.5 Å². The summed E-state index contributed by atoms with van der Waals surface area (Å²) >= 11 is 1.93. The van der Waals surface area contributed by atoms with E-state index in [1.165, 1.54) is 12.3 Å². The summed E-state index contributed by atoms with van der Waals surface area (Å²) in [6.45, 7) is 2.25. The van der Waals surface area contributed by atoms with Crippen molar-refractivity contribution in [3.05, 3.63) is 52.6 Å². The Morgan fingerprint density at radius 2 is 2.14 bits per heavy atom. The number of fused-ring (bicyclic) bond motifs is 1. The maximum Gasteiger partial charge on any atom is 0.264 e. The lowest BCUT2D eigenvalue weighted by atomic mass is 10.3. The fraction of sp³-hybridized carbons (Fsp3) is 0.316. The molecule has 0 atom stereocenters. The average Bonchev–Trinajstić information content (AvgIpc) is 3.10. The number of benzene rings is 1. The predicted molar refractivity (Wildman–Crippen MR) is 108 cm³/mol. The number of aromatic amines is 1. The van der Waals surface area contributed by atoms with Gasteiger partial charge in [0.05, 0.1) is 17.6 Å². The van der Waals surface area contributed by atoms with E-state index in [-0.39, 0.29) is 17.8 Å². The van der Waals surface area contributed by atoms with Gasteiger partial charge in [-0.1, -0.05) is 12.1 Å². The molecule has 146 valence electrons. The van der Waals surface area contributed by atoms with Gasteiger partial charge in [-0.15, -0.1) is 0 Å². The SMILES string of the molecule is O=C(COc1coc(CN2CCSCC2)cc1=O)Nc1nc2ccccc2[nH]1. The summed E-state index contributed by atoms with van der Waals surface area (Å²) in [5, 5.41) is 2.61. The van der Waals surface area contributed by atoms with E-state index >= 15 is 0 Å². The van der Waals surface area contributed by atoms with E-state index in [0.29, 0.717) is 18.3 Å². The first kappa shape index (κ1) is 18.6. The monoisotopic (exact) mass is 400 g/mol. The number of hydrogen-bond donors (Lipinski definition) is 2. The second-order valence-corrected chi connectivity index (χ2v) is 7.63. The molecule has 1 amide bonds. The molecule has 3 heterocycles. The Labute approximate surface area is 165 Å². The molecule has 0 spiro atoms. The van der Waals surface area contributed by atoms with Crippen molar-refractivity contribution in [1.82, 2.24) is 14.9 Å². The third kappa shape index (κ3) is 4.55. The fourth-order valence-corrected chi connectivity index (χ4v) is 3.91. The number of nitrogens with one attached hydrogen (secondary N) is 2. The van der Waals surface area contributed by atoms with E-state index in [0.717, 1.165) is 35.6 Å². The number of imidazole rings is 1. The second-order valence-electron chi connectivity index (χ2n) is 6.40. The zero-order valence-corrected chi connectivity index (χ0v) is 16.0. The number of amides is 1. The molecule has 4 rings (SSSR count). The van der Waals surface area contributed by atoms with Crippen molar-refractivity contribution in [3.63, 3.8) is 0 Å². The molecule has 1 fully saturated rings. The van der Waals surface area contributed by atoms with Crippen LogP contribution in [0.3, 0.4) is 0 Å². The number of carbonyl (C=O) groups is 1. The molecule has 8 nitrogen and oxygen atoms in total. The van der Waals surface area contributed by atoms with E-state index in [1.807, 2.05) is 36.0 Å². The standard InChI is InChI=1S/C19H20N4O4S/c24-16-9-13(10-23-5-7-28-8-6-23)26-11-17(16)27-12-18(25)22-19-20-14-3-1-2-4-15(14)21-19/h1-4,9,11H,5-8,10,12H2,(H2,20,21,22,25). The van der Waals surface area contributed by atoms with E-state index in [4.69, 9.17) is 9.15 Å². The van der Waals surface area contributed by atoms with Crippen LogP contribution in [0.5, 0.6) is 5.75 Å². The molecule has 1 aliphatic heterocycles. The van der Waals surface area contributed by atoms with Gasteiger partial charge in [0.1, 0.15) is 12.0 Å². The number of thioether (sulfide) groups is 1. The van der Waals surface area contributed by atoms with Crippen LogP contribution in [0.25, 0.3) is 11.0 Å². The Kier molecular flexibility index (Phi) is 5.63. The van der Waals surface area contributed by atoms with Crippen molar-refractivity contribution in [2.75, 3.05) is 36.5 Å². The number of anilines is 1. The van der Waals surface area contributed by atoms with Crippen LogP contribution in [0.1, 0.15) is 5.76 Å². The minimum atomic E-state index is -0.423. The number of ether oxygens (including phenoxy) is 1. The fourth-order valence-electron chi connectivity index (χ4n) is 2.93. The summed E-state index contributed by atoms with van der Waals surface area (Å²) in [6, 6.07) is 8.87. The number of aromatic nitrogens is 2. The van der Waals surface area contributed by atoms with Gasteiger partial charge in [0, 0.05) is 30.7 Å². The molecule has 2 N–H and O–H groups in total. The second kappa shape index (κ2) is 8.49. The quantitative estimate of drug-likeness (QED) is 0.653. The number of nitrogens with zero attached hydrogens (tertiary/aromatic N) is 2. The highest BCUT2D eigenvalue weighted by molar-refractivity contribution is 7.99. The maximum atomic E-state index is 12.2. The molecule has 1 aromatic carbocycles. The van der Waals surface area contributed by atoms with Crippen molar-refractivity contribution in [1.29, 1.82) is 0 Å². The highest BCUT2D eigenvalue weighted by Crippen LogP contribution is 2.15. The highest BCUT2D eigenvalue weighted by Gasteiger charge is 2.14. The lowest BCUT2D eigenvalue weighted by molar-refractivity contribution is -0.118. The normalized spacial score (nSPS) is 14.9. The van der Waals surface area contributed by atoms with Crippen LogP contribution in [-0.4, -0.2) is 52.0 Å². The Bertz CT molecular complexity index is 993. The van der Waals surface area contributed by atoms with Crippen LogP contribution in [0.15, 0.2) is 45.8 Å². The third-order valence-corrected chi connectivity index (χ3v) is 5.28. The summed E-state index contributed by atoms with van der Waals surface area (Å²) in [5.74, 6) is 2.69. The van der Waals surface area contributed by atoms with Crippen molar-refractivity contribution in [3.8, 4) is 5.75 Å². The minimum Gasteiger partial charge on any atom is -0.477 e. The first-order chi connectivity index (χ1) is 13.7. The average molecular weight is 400 g/mol. The smallest absolute Gasteiger partial charge is 0.264 e. The molecule has 0 bridgehead atoms. The van der Waals surface area contributed by atoms with E-state index < -0.39 is 5.91 Å². The van der Waals surface area contributed by atoms with Crippen molar-refractivity contribution in [2.45, 2.75) is 6.54 Å². The minimum absolute atomic E-state index is 0.0118. The van der Waals surface area contributed by atoms with Crippen molar-refractivity contribution in [2.24, 2.45) is 0 Å². The number of para-hydroxylation sites is 2. The summed E-state index contributed by atoms with van der Waals surface area (Å²) in [5.41, 5.74) is 1.27. The lowest BCUT2D eigenvalue weighted by Gasteiger charge is -2.25.